The Morgan fingerprint density at radius 3 is 2.26 bits per heavy atom. The summed E-state index contributed by atoms with van der Waals surface area (Å²) >= 11 is 0. The largest absolute Gasteiger partial charge is 0.497 e. The van der Waals surface area contributed by atoms with Crippen molar-refractivity contribution in [3.8, 4) is 28.3 Å². The Morgan fingerprint density at radius 2 is 1.53 bits per heavy atom. The van der Waals surface area contributed by atoms with Gasteiger partial charge in [0.05, 0.1) is 12.8 Å². The van der Waals surface area contributed by atoms with Crippen LogP contribution in [0, 0.1) is 6.92 Å². The molecule has 0 aliphatic carbocycles. The number of benzene rings is 4. The highest BCUT2D eigenvalue weighted by molar-refractivity contribution is 5.88. The van der Waals surface area contributed by atoms with Gasteiger partial charge in [0.2, 0.25) is 0 Å². The molecule has 0 radical (unpaired) electrons. The molecule has 34 heavy (non-hydrogen) atoms. The Bertz CT molecular complexity index is 1530. The minimum Gasteiger partial charge on any atom is -0.497 e. The van der Waals surface area contributed by atoms with Gasteiger partial charge in [-0.05, 0) is 81.2 Å². The maximum Gasteiger partial charge on any atom is 0.368 e. The maximum absolute atomic E-state index is 12.4. The molecular formula is C27H24N4O3. The van der Waals surface area contributed by atoms with Crippen molar-refractivity contribution < 1.29 is 9.47 Å². The van der Waals surface area contributed by atoms with E-state index in [1.807, 2.05) is 49.4 Å². The van der Waals surface area contributed by atoms with Crippen molar-refractivity contribution in [2.75, 3.05) is 7.11 Å². The second-order valence-electron chi connectivity index (χ2n) is 8.11. The number of hydrogen-bond acceptors (Lipinski definition) is 5. The van der Waals surface area contributed by atoms with Gasteiger partial charge >= 0.3 is 5.69 Å². The van der Waals surface area contributed by atoms with E-state index in [-0.39, 0.29) is 5.69 Å². The lowest BCUT2D eigenvalue weighted by atomic mass is 10.0. The van der Waals surface area contributed by atoms with Crippen molar-refractivity contribution in [1.82, 2.24) is 19.8 Å². The number of nitrogens with zero attached hydrogens (tertiary/aromatic N) is 4. The van der Waals surface area contributed by atoms with E-state index in [4.69, 9.17) is 9.47 Å². The van der Waals surface area contributed by atoms with Gasteiger partial charge < -0.3 is 9.47 Å². The minimum absolute atomic E-state index is 0.301. The molecular weight excluding hydrogens is 428 g/mol. The molecule has 0 N–H and O–H groups in total. The molecule has 0 amide bonds. The molecule has 1 aromatic heterocycles. The fraction of sp³-hybridized carbons (Fsp3) is 0.148. The Hall–Kier alpha value is -4.39. The third-order valence-electron chi connectivity index (χ3n) is 5.95. The zero-order valence-electron chi connectivity index (χ0n) is 19.2. The summed E-state index contributed by atoms with van der Waals surface area (Å²) in [4.78, 5) is 12.4. The maximum atomic E-state index is 12.4. The first kappa shape index (κ1) is 21.5. The third kappa shape index (κ3) is 4.03. The molecule has 4 aromatic carbocycles. The summed E-state index contributed by atoms with van der Waals surface area (Å²) in [6.45, 7) is 2.30. The summed E-state index contributed by atoms with van der Waals surface area (Å²) in [6.07, 6.45) is 0. The van der Waals surface area contributed by atoms with E-state index in [1.54, 1.807) is 14.2 Å². The van der Waals surface area contributed by atoms with Gasteiger partial charge in [-0.2, -0.15) is 9.36 Å². The summed E-state index contributed by atoms with van der Waals surface area (Å²) in [7, 11) is 3.24. The van der Waals surface area contributed by atoms with E-state index in [9.17, 15) is 4.79 Å². The standard InChI is InChI=1S/C27H24N4O3/c1-18-5-4-6-26(31-27(32)30(2)28-29-31)25(18)17-34-24-14-11-21-15-20(7-8-22(21)16-24)19-9-12-23(33-3)13-10-19/h4-16H,17H2,1-3H3. The number of ether oxygens (including phenoxy) is 2. The van der Waals surface area contributed by atoms with Crippen LogP contribution in [0.3, 0.4) is 0 Å². The highest BCUT2D eigenvalue weighted by atomic mass is 16.5. The van der Waals surface area contributed by atoms with Gasteiger partial charge in [-0.25, -0.2) is 4.79 Å². The molecule has 0 aliphatic heterocycles. The quantitative estimate of drug-likeness (QED) is 0.374. The fourth-order valence-electron chi connectivity index (χ4n) is 3.97. The van der Waals surface area contributed by atoms with E-state index in [0.29, 0.717) is 12.3 Å². The Morgan fingerprint density at radius 1 is 0.824 bits per heavy atom. The first-order valence-electron chi connectivity index (χ1n) is 10.9. The number of rotatable bonds is 6. The average Bonchev–Trinajstić information content (AvgIpc) is 3.20. The van der Waals surface area contributed by atoms with E-state index < -0.39 is 0 Å². The molecule has 0 atom stereocenters. The zero-order chi connectivity index (χ0) is 23.7. The van der Waals surface area contributed by atoms with Crippen molar-refractivity contribution in [1.29, 1.82) is 0 Å². The second kappa shape index (κ2) is 8.86. The summed E-state index contributed by atoms with van der Waals surface area (Å²) in [5.41, 5.74) is 4.55. The van der Waals surface area contributed by atoms with Gasteiger partial charge in [0, 0.05) is 12.6 Å². The predicted octanol–water partition coefficient (Wildman–Crippen LogP) is 4.68. The van der Waals surface area contributed by atoms with Crippen LogP contribution < -0.4 is 15.2 Å². The van der Waals surface area contributed by atoms with Crippen LogP contribution in [0.15, 0.2) is 83.7 Å². The minimum atomic E-state index is -0.301. The molecule has 0 saturated heterocycles. The first-order valence-corrected chi connectivity index (χ1v) is 10.9. The van der Waals surface area contributed by atoms with Crippen LogP contribution in [-0.4, -0.2) is 26.9 Å². The number of aromatic nitrogens is 4. The molecule has 0 spiro atoms. The molecule has 7 nitrogen and oxygen atoms in total. The SMILES string of the molecule is COc1ccc(-c2ccc3cc(OCc4c(C)cccc4-n4nnn(C)c4=O)ccc3c2)cc1. The second-order valence-corrected chi connectivity index (χ2v) is 8.11. The Balaban J connectivity index is 1.40. The number of fused-ring (bicyclic) bond motifs is 1. The monoisotopic (exact) mass is 452 g/mol. The van der Waals surface area contributed by atoms with Gasteiger partial charge in [-0.3, -0.25) is 0 Å². The van der Waals surface area contributed by atoms with E-state index in [0.717, 1.165) is 44.5 Å². The lowest BCUT2D eigenvalue weighted by Gasteiger charge is -2.13. The molecule has 0 saturated carbocycles. The number of tetrazole rings is 1. The molecule has 5 aromatic rings. The van der Waals surface area contributed by atoms with Gasteiger partial charge in [-0.15, -0.1) is 0 Å². The van der Waals surface area contributed by atoms with Crippen molar-refractivity contribution in [3.63, 3.8) is 0 Å². The van der Waals surface area contributed by atoms with Crippen LogP contribution in [-0.2, 0) is 13.7 Å². The van der Waals surface area contributed by atoms with Crippen LogP contribution in [0.2, 0.25) is 0 Å². The number of hydrogen-bond donors (Lipinski definition) is 0. The van der Waals surface area contributed by atoms with Crippen LogP contribution in [0.1, 0.15) is 11.1 Å². The molecule has 170 valence electrons. The van der Waals surface area contributed by atoms with Gasteiger partial charge in [-0.1, -0.05) is 42.5 Å². The summed E-state index contributed by atoms with van der Waals surface area (Å²) in [5.74, 6) is 1.60. The highest BCUT2D eigenvalue weighted by Crippen LogP contribution is 2.29. The molecule has 0 bridgehead atoms. The fourth-order valence-corrected chi connectivity index (χ4v) is 3.97. The van der Waals surface area contributed by atoms with Gasteiger partial charge in [0.25, 0.3) is 0 Å². The molecule has 0 unspecified atom stereocenters. The lowest BCUT2D eigenvalue weighted by molar-refractivity contribution is 0.305. The molecule has 1 heterocycles. The lowest BCUT2D eigenvalue weighted by Crippen LogP contribution is -2.23. The van der Waals surface area contributed by atoms with E-state index in [1.165, 1.54) is 9.36 Å². The van der Waals surface area contributed by atoms with E-state index in [2.05, 4.69) is 46.8 Å². The van der Waals surface area contributed by atoms with Crippen LogP contribution in [0.25, 0.3) is 27.6 Å². The highest BCUT2D eigenvalue weighted by Gasteiger charge is 2.13. The van der Waals surface area contributed by atoms with Crippen molar-refractivity contribution in [2.24, 2.45) is 7.05 Å². The number of aryl methyl sites for hydroxylation is 2. The molecule has 7 heteroatoms. The van der Waals surface area contributed by atoms with Gasteiger partial charge in [0.1, 0.15) is 18.1 Å². The smallest absolute Gasteiger partial charge is 0.368 e. The Labute approximate surface area is 196 Å². The van der Waals surface area contributed by atoms with E-state index >= 15 is 0 Å². The summed E-state index contributed by atoms with van der Waals surface area (Å²) in [6, 6.07) is 26.2. The van der Waals surface area contributed by atoms with Gasteiger partial charge in [0.15, 0.2) is 0 Å². The van der Waals surface area contributed by atoms with Crippen molar-refractivity contribution >= 4 is 10.8 Å². The van der Waals surface area contributed by atoms with Crippen molar-refractivity contribution in [2.45, 2.75) is 13.5 Å². The predicted molar refractivity (Wildman–Crippen MR) is 132 cm³/mol. The normalized spacial score (nSPS) is 11.0. The third-order valence-corrected chi connectivity index (χ3v) is 5.95. The Kier molecular flexibility index (Phi) is 5.59. The zero-order valence-corrected chi connectivity index (χ0v) is 19.2. The number of methoxy groups -OCH3 is 1. The van der Waals surface area contributed by atoms with Crippen molar-refractivity contribution in [3.05, 3.63) is 100 Å². The first-order chi connectivity index (χ1) is 16.5. The molecule has 0 fully saturated rings. The summed E-state index contributed by atoms with van der Waals surface area (Å²) in [5, 5.41) is 10.0. The molecule has 0 aliphatic rings. The van der Waals surface area contributed by atoms with Crippen LogP contribution >= 0.6 is 0 Å². The molecule has 5 rings (SSSR count). The summed E-state index contributed by atoms with van der Waals surface area (Å²) < 4.78 is 13.9. The average molecular weight is 453 g/mol. The topological polar surface area (TPSA) is 71.2 Å². The van der Waals surface area contributed by atoms with Crippen LogP contribution in [0.5, 0.6) is 11.5 Å². The van der Waals surface area contributed by atoms with Crippen LogP contribution in [0.4, 0.5) is 0 Å².